The standard InChI is InChI=1S/C14H10ClN3O4/c15-11-4-1-10(13(19)7-11)8-16-17-14(20)9-2-5-12(6-3-9)18(21)22/h1-8,19H,(H,17,20)/b16-8+. The van der Waals surface area contributed by atoms with Crippen LogP contribution in [0.4, 0.5) is 5.69 Å². The molecule has 0 heterocycles. The van der Waals surface area contributed by atoms with Crippen LogP contribution in [-0.2, 0) is 0 Å². The van der Waals surface area contributed by atoms with Crippen molar-refractivity contribution in [2.45, 2.75) is 0 Å². The van der Waals surface area contributed by atoms with Gasteiger partial charge in [0.25, 0.3) is 11.6 Å². The van der Waals surface area contributed by atoms with Crippen molar-refractivity contribution in [3.05, 3.63) is 68.7 Å². The predicted octanol–water partition coefficient (Wildman–Crippen LogP) is 2.72. The number of rotatable bonds is 4. The Balaban J connectivity index is 2.02. The molecular formula is C14H10ClN3O4. The van der Waals surface area contributed by atoms with E-state index in [2.05, 4.69) is 10.5 Å². The molecule has 0 spiro atoms. The van der Waals surface area contributed by atoms with E-state index in [1.54, 1.807) is 12.1 Å². The van der Waals surface area contributed by atoms with Gasteiger partial charge in [-0.15, -0.1) is 0 Å². The first-order chi connectivity index (χ1) is 10.5. The van der Waals surface area contributed by atoms with E-state index in [9.17, 15) is 20.0 Å². The Labute approximate surface area is 130 Å². The maximum absolute atomic E-state index is 11.8. The number of phenolic OH excluding ortho intramolecular Hbond substituents is 1. The number of nitro benzene ring substituents is 1. The number of amides is 1. The highest BCUT2D eigenvalue weighted by atomic mass is 35.5. The number of nitrogens with one attached hydrogen (secondary N) is 1. The molecule has 112 valence electrons. The highest BCUT2D eigenvalue weighted by Gasteiger charge is 2.08. The first-order valence-corrected chi connectivity index (χ1v) is 6.41. The number of nitrogens with zero attached hydrogens (tertiary/aromatic N) is 2. The Morgan fingerprint density at radius 3 is 2.55 bits per heavy atom. The second kappa shape index (κ2) is 6.68. The van der Waals surface area contributed by atoms with Gasteiger partial charge >= 0.3 is 0 Å². The monoisotopic (exact) mass is 319 g/mol. The lowest BCUT2D eigenvalue weighted by Crippen LogP contribution is -2.17. The summed E-state index contributed by atoms with van der Waals surface area (Å²) in [5.41, 5.74) is 2.76. The van der Waals surface area contributed by atoms with E-state index in [0.29, 0.717) is 10.6 Å². The molecule has 0 aliphatic heterocycles. The fraction of sp³-hybridized carbons (Fsp3) is 0. The number of non-ortho nitro benzene ring substituents is 1. The summed E-state index contributed by atoms with van der Waals surface area (Å²) >= 11 is 5.69. The molecule has 1 amide bonds. The zero-order chi connectivity index (χ0) is 16.1. The van der Waals surface area contributed by atoms with Gasteiger partial charge in [0, 0.05) is 28.3 Å². The van der Waals surface area contributed by atoms with Gasteiger partial charge < -0.3 is 5.11 Å². The van der Waals surface area contributed by atoms with Gasteiger partial charge in [0.05, 0.1) is 11.1 Å². The maximum Gasteiger partial charge on any atom is 0.271 e. The zero-order valence-electron chi connectivity index (χ0n) is 11.1. The molecule has 2 aromatic rings. The van der Waals surface area contributed by atoms with E-state index in [1.807, 2.05) is 0 Å². The Morgan fingerprint density at radius 2 is 1.95 bits per heavy atom. The average Bonchev–Trinajstić information content (AvgIpc) is 2.49. The van der Waals surface area contributed by atoms with Crippen LogP contribution in [-0.4, -0.2) is 22.2 Å². The minimum absolute atomic E-state index is 0.0687. The number of benzene rings is 2. The van der Waals surface area contributed by atoms with Crippen molar-refractivity contribution in [3.8, 4) is 5.75 Å². The molecular weight excluding hydrogens is 310 g/mol. The highest BCUT2D eigenvalue weighted by Crippen LogP contribution is 2.20. The number of hydrazone groups is 1. The first-order valence-electron chi connectivity index (χ1n) is 6.04. The predicted molar refractivity (Wildman–Crippen MR) is 81.3 cm³/mol. The molecule has 0 saturated carbocycles. The first kappa shape index (κ1) is 15.5. The minimum Gasteiger partial charge on any atom is -0.507 e. The van der Waals surface area contributed by atoms with Gasteiger partial charge in [0.15, 0.2) is 0 Å². The molecule has 0 bridgehead atoms. The third-order valence-electron chi connectivity index (χ3n) is 2.70. The quantitative estimate of drug-likeness (QED) is 0.513. The Morgan fingerprint density at radius 1 is 1.27 bits per heavy atom. The van der Waals surface area contributed by atoms with Crippen LogP contribution in [0.1, 0.15) is 15.9 Å². The van der Waals surface area contributed by atoms with Crippen LogP contribution < -0.4 is 5.43 Å². The van der Waals surface area contributed by atoms with Gasteiger partial charge in [-0.1, -0.05) is 11.6 Å². The van der Waals surface area contributed by atoms with E-state index in [4.69, 9.17) is 11.6 Å². The minimum atomic E-state index is -0.552. The number of carbonyl (C=O) groups is 1. The number of hydrogen-bond donors (Lipinski definition) is 2. The molecule has 8 heteroatoms. The molecule has 0 saturated heterocycles. The molecule has 0 aliphatic rings. The molecule has 0 radical (unpaired) electrons. The lowest BCUT2D eigenvalue weighted by Gasteiger charge is -2.01. The van der Waals surface area contributed by atoms with Crippen molar-refractivity contribution in [2.75, 3.05) is 0 Å². The Hall–Kier alpha value is -2.93. The van der Waals surface area contributed by atoms with Crippen LogP contribution in [0.3, 0.4) is 0 Å². The van der Waals surface area contributed by atoms with Gasteiger partial charge in [0.1, 0.15) is 5.75 Å². The van der Waals surface area contributed by atoms with E-state index < -0.39 is 10.8 Å². The topological polar surface area (TPSA) is 105 Å². The van der Waals surface area contributed by atoms with E-state index in [-0.39, 0.29) is 17.0 Å². The van der Waals surface area contributed by atoms with E-state index in [0.717, 1.165) is 0 Å². The molecule has 2 rings (SSSR count). The third-order valence-corrected chi connectivity index (χ3v) is 2.94. The third kappa shape index (κ3) is 3.80. The van der Waals surface area contributed by atoms with E-state index >= 15 is 0 Å². The van der Waals surface area contributed by atoms with Crippen LogP contribution in [0, 0.1) is 10.1 Å². The summed E-state index contributed by atoms with van der Waals surface area (Å²) in [7, 11) is 0. The van der Waals surface area contributed by atoms with Crippen molar-refractivity contribution in [1.29, 1.82) is 0 Å². The SMILES string of the molecule is O=C(N/N=C/c1ccc(Cl)cc1O)c1ccc([N+](=O)[O-])cc1. The summed E-state index contributed by atoms with van der Waals surface area (Å²) in [4.78, 5) is 21.7. The summed E-state index contributed by atoms with van der Waals surface area (Å²) in [6.07, 6.45) is 1.26. The maximum atomic E-state index is 11.8. The number of nitro groups is 1. The molecule has 0 aliphatic carbocycles. The second-order valence-electron chi connectivity index (χ2n) is 4.21. The van der Waals surface area contributed by atoms with Crippen molar-refractivity contribution in [2.24, 2.45) is 5.10 Å². The van der Waals surface area contributed by atoms with Gasteiger partial charge in [-0.05, 0) is 30.3 Å². The zero-order valence-corrected chi connectivity index (χ0v) is 11.8. The van der Waals surface area contributed by atoms with Gasteiger partial charge in [-0.2, -0.15) is 5.10 Å². The Bertz CT molecular complexity index is 744. The lowest BCUT2D eigenvalue weighted by atomic mass is 10.2. The second-order valence-corrected chi connectivity index (χ2v) is 4.64. The largest absolute Gasteiger partial charge is 0.507 e. The van der Waals surface area contributed by atoms with Gasteiger partial charge in [0.2, 0.25) is 0 Å². The van der Waals surface area contributed by atoms with Crippen molar-refractivity contribution in [1.82, 2.24) is 5.43 Å². The molecule has 2 N–H and O–H groups in total. The molecule has 22 heavy (non-hydrogen) atoms. The van der Waals surface area contributed by atoms with Gasteiger partial charge in [-0.3, -0.25) is 14.9 Å². The molecule has 0 aromatic heterocycles. The van der Waals surface area contributed by atoms with Crippen molar-refractivity contribution < 1.29 is 14.8 Å². The van der Waals surface area contributed by atoms with Crippen LogP contribution >= 0.6 is 11.6 Å². The van der Waals surface area contributed by atoms with Crippen LogP contribution in [0.15, 0.2) is 47.6 Å². The van der Waals surface area contributed by atoms with E-state index in [1.165, 1.54) is 36.5 Å². The van der Waals surface area contributed by atoms with Crippen LogP contribution in [0.2, 0.25) is 5.02 Å². The summed E-state index contributed by atoms with van der Waals surface area (Å²) < 4.78 is 0. The fourth-order valence-corrected chi connectivity index (χ4v) is 1.75. The highest BCUT2D eigenvalue weighted by molar-refractivity contribution is 6.30. The molecule has 0 unspecified atom stereocenters. The van der Waals surface area contributed by atoms with Crippen LogP contribution in [0.25, 0.3) is 0 Å². The summed E-state index contributed by atoms with van der Waals surface area (Å²) in [5.74, 6) is -0.597. The molecule has 2 aromatic carbocycles. The normalized spacial score (nSPS) is 10.6. The Kier molecular flexibility index (Phi) is 4.70. The number of phenols is 1. The summed E-state index contributed by atoms with van der Waals surface area (Å²) in [6.45, 7) is 0. The lowest BCUT2D eigenvalue weighted by molar-refractivity contribution is -0.384. The number of aromatic hydroxyl groups is 1. The molecule has 0 fully saturated rings. The summed E-state index contributed by atoms with van der Waals surface area (Å²) in [6, 6.07) is 9.56. The van der Waals surface area contributed by atoms with Crippen LogP contribution in [0.5, 0.6) is 5.75 Å². The number of hydrogen-bond acceptors (Lipinski definition) is 5. The smallest absolute Gasteiger partial charge is 0.271 e. The van der Waals surface area contributed by atoms with Gasteiger partial charge in [-0.25, -0.2) is 5.43 Å². The van der Waals surface area contributed by atoms with Crippen molar-refractivity contribution in [3.63, 3.8) is 0 Å². The number of halogens is 1. The molecule has 0 atom stereocenters. The number of carbonyl (C=O) groups excluding carboxylic acids is 1. The average molecular weight is 320 g/mol. The fourth-order valence-electron chi connectivity index (χ4n) is 1.59. The van der Waals surface area contributed by atoms with Crippen molar-refractivity contribution >= 4 is 29.4 Å². The molecule has 7 nitrogen and oxygen atoms in total. The summed E-state index contributed by atoms with van der Waals surface area (Å²) in [5, 5.41) is 24.2.